The van der Waals surface area contributed by atoms with E-state index < -0.39 is 0 Å². The number of nitrogens with zero attached hydrogens (tertiary/aromatic N) is 4. The van der Waals surface area contributed by atoms with Gasteiger partial charge in [0.15, 0.2) is 5.82 Å². The van der Waals surface area contributed by atoms with Gasteiger partial charge in [-0.2, -0.15) is 0 Å². The number of anilines is 3. The molecule has 0 spiro atoms. The van der Waals surface area contributed by atoms with Crippen molar-refractivity contribution in [2.24, 2.45) is 0 Å². The number of piperazine rings is 1. The summed E-state index contributed by atoms with van der Waals surface area (Å²) in [7, 11) is 0. The van der Waals surface area contributed by atoms with Crippen LogP contribution in [0.2, 0.25) is 0 Å². The van der Waals surface area contributed by atoms with E-state index >= 15 is 0 Å². The topological polar surface area (TPSA) is 68.8 Å². The highest BCUT2D eigenvalue weighted by atomic mass is 16.2. The van der Waals surface area contributed by atoms with Crippen LogP contribution in [0.25, 0.3) is 0 Å². The average Bonchev–Trinajstić information content (AvgIpc) is 2.86. The van der Waals surface area contributed by atoms with E-state index in [4.69, 9.17) is 0 Å². The number of carbonyl (C=O) groups is 2. The number of hydrogen-bond donors (Lipinski definition) is 1. The monoisotopic (exact) mass is 405 g/mol. The molecule has 0 unspecified atom stereocenters. The minimum Gasteiger partial charge on any atom is -0.319 e. The van der Waals surface area contributed by atoms with Crippen molar-refractivity contribution in [3.05, 3.63) is 60.3 Å². The zero-order valence-corrected chi connectivity index (χ0v) is 17.3. The van der Waals surface area contributed by atoms with Gasteiger partial charge in [-0.3, -0.25) is 19.4 Å². The van der Waals surface area contributed by atoms with Crippen LogP contribution in [0.5, 0.6) is 0 Å². The Hall–Kier alpha value is -3.03. The zero-order valence-electron chi connectivity index (χ0n) is 17.3. The molecule has 1 aromatic heterocycles. The maximum Gasteiger partial charge on any atom is 0.257 e. The lowest BCUT2D eigenvalue weighted by Crippen LogP contribution is -2.47. The molecule has 2 aromatic rings. The third-order valence-corrected chi connectivity index (χ3v) is 5.49. The van der Waals surface area contributed by atoms with E-state index in [1.54, 1.807) is 41.4 Å². The summed E-state index contributed by atoms with van der Waals surface area (Å²) in [4.78, 5) is 36.7. The second-order valence-corrected chi connectivity index (χ2v) is 7.90. The Morgan fingerprint density at radius 1 is 1.10 bits per heavy atom. The van der Waals surface area contributed by atoms with Crippen LogP contribution in [0, 0.1) is 0 Å². The molecule has 2 amide bonds. The van der Waals surface area contributed by atoms with Gasteiger partial charge in [-0.15, -0.1) is 0 Å². The lowest BCUT2D eigenvalue weighted by atomic mass is 10.1. The molecule has 7 nitrogen and oxygen atoms in total. The standard InChI is InChI=1S/C23H27N5O2/c1-17(2)16-27-14-12-26(13-15-27)11-9-21(29)28-20-8-4-3-6-18(20)23(30)25-19-7-5-10-24-22(19)28/h3-8,10H,1,9,11-16H2,2H3,(H,25,30). The zero-order chi connectivity index (χ0) is 21.1. The Morgan fingerprint density at radius 3 is 2.60 bits per heavy atom. The van der Waals surface area contributed by atoms with E-state index in [1.807, 2.05) is 6.07 Å². The molecule has 0 saturated carbocycles. The normalized spacial score (nSPS) is 17.0. The van der Waals surface area contributed by atoms with Gasteiger partial charge in [0, 0.05) is 51.9 Å². The van der Waals surface area contributed by atoms with Gasteiger partial charge >= 0.3 is 0 Å². The molecule has 156 valence electrons. The van der Waals surface area contributed by atoms with Crippen LogP contribution in [0.3, 0.4) is 0 Å². The summed E-state index contributed by atoms with van der Waals surface area (Å²) in [5, 5.41) is 2.87. The van der Waals surface area contributed by atoms with Crippen molar-refractivity contribution in [3.8, 4) is 0 Å². The Labute approximate surface area is 177 Å². The summed E-state index contributed by atoms with van der Waals surface area (Å²) in [6, 6.07) is 10.7. The smallest absolute Gasteiger partial charge is 0.257 e. The summed E-state index contributed by atoms with van der Waals surface area (Å²) in [5.74, 6) is 0.166. The van der Waals surface area contributed by atoms with Crippen LogP contribution in [0.4, 0.5) is 17.2 Å². The summed E-state index contributed by atoms with van der Waals surface area (Å²) in [5.41, 5.74) is 2.76. The number of hydrogen-bond acceptors (Lipinski definition) is 5. The molecule has 0 radical (unpaired) electrons. The largest absolute Gasteiger partial charge is 0.319 e. The molecule has 30 heavy (non-hydrogen) atoms. The first-order valence-electron chi connectivity index (χ1n) is 10.3. The van der Waals surface area contributed by atoms with Crippen LogP contribution in [-0.2, 0) is 4.79 Å². The van der Waals surface area contributed by atoms with Gasteiger partial charge in [-0.05, 0) is 31.2 Å². The van der Waals surface area contributed by atoms with Gasteiger partial charge in [0.25, 0.3) is 5.91 Å². The number of fused-ring (bicyclic) bond motifs is 2. The summed E-state index contributed by atoms with van der Waals surface area (Å²) in [6.07, 6.45) is 2.00. The van der Waals surface area contributed by atoms with Crippen LogP contribution in [0.15, 0.2) is 54.7 Å². The minimum absolute atomic E-state index is 0.0664. The maximum absolute atomic E-state index is 13.3. The number of amides is 2. The molecule has 0 bridgehead atoms. The van der Waals surface area contributed by atoms with Gasteiger partial charge in [0.2, 0.25) is 5.91 Å². The predicted octanol–water partition coefficient (Wildman–Crippen LogP) is 2.90. The van der Waals surface area contributed by atoms with Crippen LogP contribution in [-0.4, -0.2) is 65.9 Å². The van der Waals surface area contributed by atoms with E-state index in [-0.39, 0.29) is 11.8 Å². The summed E-state index contributed by atoms with van der Waals surface area (Å²) < 4.78 is 0. The third-order valence-electron chi connectivity index (χ3n) is 5.49. The Bertz CT molecular complexity index is 966. The highest BCUT2D eigenvalue weighted by Crippen LogP contribution is 2.36. The fraction of sp³-hybridized carbons (Fsp3) is 0.348. The highest BCUT2D eigenvalue weighted by molar-refractivity contribution is 6.17. The fourth-order valence-electron chi connectivity index (χ4n) is 4.01. The first kappa shape index (κ1) is 20.3. The molecule has 2 aliphatic rings. The van der Waals surface area contributed by atoms with Crippen molar-refractivity contribution < 1.29 is 9.59 Å². The first-order chi connectivity index (χ1) is 14.5. The molecule has 1 N–H and O–H groups in total. The number of para-hydroxylation sites is 1. The molecule has 1 aromatic carbocycles. The predicted molar refractivity (Wildman–Crippen MR) is 118 cm³/mol. The van der Waals surface area contributed by atoms with Crippen molar-refractivity contribution in [3.63, 3.8) is 0 Å². The average molecular weight is 406 g/mol. The Morgan fingerprint density at radius 2 is 1.83 bits per heavy atom. The van der Waals surface area contributed by atoms with Gasteiger partial charge in [-0.25, -0.2) is 4.98 Å². The van der Waals surface area contributed by atoms with Gasteiger partial charge in [-0.1, -0.05) is 24.3 Å². The molecule has 1 saturated heterocycles. The SMILES string of the molecule is C=C(C)CN1CCN(CCC(=O)N2c3ccccc3C(=O)Nc3cccnc32)CC1. The molecule has 3 heterocycles. The van der Waals surface area contributed by atoms with E-state index in [9.17, 15) is 9.59 Å². The number of rotatable bonds is 5. The number of nitrogens with one attached hydrogen (secondary N) is 1. The highest BCUT2D eigenvalue weighted by Gasteiger charge is 2.30. The Kier molecular flexibility index (Phi) is 5.92. The van der Waals surface area contributed by atoms with Crippen molar-refractivity contribution in [2.45, 2.75) is 13.3 Å². The van der Waals surface area contributed by atoms with E-state index in [1.165, 1.54) is 5.57 Å². The number of pyridine rings is 1. The number of benzene rings is 1. The second kappa shape index (κ2) is 8.77. The van der Waals surface area contributed by atoms with Crippen molar-refractivity contribution >= 4 is 29.0 Å². The first-order valence-corrected chi connectivity index (χ1v) is 10.3. The molecule has 1 fully saturated rings. The van der Waals surface area contributed by atoms with E-state index in [2.05, 4.69) is 33.6 Å². The second-order valence-electron chi connectivity index (χ2n) is 7.90. The minimum atomic E-state index is -0.233. The maximum atomic E-state index is 13.3. The lowest BCUT2D eigenvalue weighted by molar-refractivity contribution is -0.118. The molecule has 0 atom stereocenters. The summed E-state index contributed by atoms with van der Waals surface area (Å²) >= 11 is 0. The molecule has 2 aliphatic heterocycles. The van der Waals surface area contributed by atoms with Crippen LogP contribution >= 0.6 is 0 Å². The van der Waals surface area contributed by atoms with Gasteiger partial charge in [0.1, 0.15) is 0 Å². The van der Waals surface area contributed by atoms with Crippen LogP contribution in [0.1, 0.15) is 23.7 Å². The fourth-order valence-corrected chi connectivity index (χ4v) is 4.01. The number of aromatic nitrogens is 1. The van der Waals surface area contributed by atoms with E-state index in [0.29, 0.717) is 35.7 Å². The van der Waals surface area contributed by atoms with Crippen LogP contribution < -0.4 is 10.2 Å². The number of carbonyl (C=O) groups excluding carboxylic acids is 2. The molecule has 7 heteroatoms. The summed E-state index contributed by atoms with van der Waals surface area (Å²) in [6.45, 7) is 11.5. The molecular formula is C23H27N5O2. The quantitative estimate of drug-likeness (QED) is 0.775. The van der Waals surface area contributed by atoms with Crippen molar-refractivity contribution in [2.75, 3.05) is 49.5 Å². The molecular weight excluding hydrogens is 378 g/mol. The lowest BCUT2D eigenvalue weighted by Gasteiger charge is -2.35. The van der Waals surface area contributed by atoms with Gasteiger partial charge < -0.3 is 10.2 Å². The van der Waals surface area contributed by atoms with Crippen molar-refractivity contribution in [1.29, 1.82) is 0 Å². The molecule has 0 aliphatic carbocycles. The molecule has 4 rings (SSSR count). The van der Waals surface area contributed by atoms with E-state index in [0.717, 1.165) is 32.7 Å². The van der Waals surface area contributed by atoms with Crippen molar-refractivity contribution in [1.82, 2.24) is 14.8 Å². The van der Waals surface area contributed by atoms with Gasteiger partial charge in [0.05, 0.1) is 16.9 Å². The Balaban J connectivity index is 1.49. The third kappa shape index (κ3) is 4.27.